The molecule has 1 atom stereocenters. The van der Waals surface area contributed by atoms with Crippen molar-refractivity contribution in [3.63, 3.8) is 0 Å². The minimum absolute atomic E-state index is 0.183. The maximum absolute atomic E-state index is 8.84. The normalized spacial score (nSPS) is 11.9. The van der Waals surface area contributed by atoms with Crippen LogP contribution >= 0.6 is 11.6 Å². The van der Waals surface area contributed by atoms with Gasteiger partial charge >= 0.3 is 0 Å². The highest BCUT2D eigenvalue weighted by molar-refractivity contribution is 6.29. The van der Waals surface area contributed by atoms with Crippen molar-refractivity contribution in [1.82, 2.24) is 4.98 Å². The molecule has 0 saturated heterocycles. The summed E-state index contributed by atoms with van der Waals surface area (Å²) in [5, 5.41) is 12.4. The standard InChI is InChI=1S/C12H16ClN3O/c1-3-4-10(8-17-2)15-12-6-9(7-14)5-11(13)16-12/h5-6,10H,3-4,8H2,1-2H3,(H,15,16). The molecule has 1 rings (SSSR count). The van der Waals surface area contributed by atoms with Crippen LogP contribution in [0.2, 0.25) is 5.15 Å². The van der Waals surface area contributed by atoms with Crippen LogP contribution in [0.5, 0.6) is 0 Å². The fourth-order valence-corrected chi connectivity index (χ4v) is 1.80. The molecule has 0 aliphatic heterocycles. The third kappa shape index (κ3) is 4.59. The van der Waals surface area contributed by atoms with Crippen molar-refractivity contribution in [1.29, 1.82) is 5.26 Å². The molecule has 5 heteroatoms. The number of aromatic nitrogens is 1. The van der Waals surface area contributed by atoms with Gasteiger partial charge in [0.25, 0.3) is 0 Å². The van der Waals surface area contributed by atoms with Gasteiger partial charge in [0.05, 0.1) is 24.3 Å². The summed E-state index contributed by atoms with van der Waals surface area (Å²) >= 11 is 5.83. The molecule has 1 N–H and O–H groups in total. The molecule has 1 heterocycles. The lowest BCUT2D eigenvalue weighted by atomic mass is 10.2. The number of nitriles is 1. The average Bonchev–Trinajstić information content (AvgIpc) is 2.29. The third-order valence-corrected chi connectivity index (χ3v) is 2.47. The van der Waals surface area contributed by atoms with Gasteiger partial charge in [-0.1, -0.05) is 24.9 Å². The van der Waals surface area contributed by atoms with Gasteiger partial charge < -0.3 is 10.1 Å². The Hall–Kier alpha value is -1.31. The Morgan fingerprint density at radius 1 is 1.59 bits per heavy atom. The van der Waals surface area contributed by atoms with Gasteiger partial charge in [-0.2, -0.15) is 5.26 Å². The minimum Gasteiger partial charge on any atom is -0.383 e. The van der Waals surface area contributed by atoms with Crippen molar-refractivity contribution < 1.29 is 4.74 Å². The third-order valence-electron chi connectivity index (χ3n) is 2.28. The summed E-state index contributed by atoms with van der Waals surface area (Å²) in [6.45, 7) is 2.71. The van der Waals surface area contributed by atoms with Gasteiger partial charge in [-0.15, -0.1) is 0 Å². The Morgan fingerprint density at radius 3 is 2.94 bits per heavy atom. The lowest BCUT2D eigenvalue weighted by Gasteiger charge is -2.17. The van der Waals surface area contributed by atoms with Crippen molar-refractivity contribution >= 4 is 17.4 Å². The Balaban J connectivity index is 2.78. The quantitative estimate of drug-likeness (QED) is 0.792. The Labute approximate surface area is 107 Å². The van der Waals surface area contributed by atoms with E-state index in [0.29, 0.717) is 23.1 Å². The van der Waals surface area contributed by atoms with Crippen LogP contribution in [0.15, 0.2) is 12.1 Å². The number of methoxy groups -OCH3 is 1. The first kappa shape index (κ1) is 13.8. The van der Waals surface area contributed by atoms with Gasteiger partial charge in [0.2, 0.25) is 0 Å². The molecule has 92 valence electrons. The van der Waals surface area contributed by atoms with Crippen LogP contribution < -0.4 is 5.32 Å². The second-order valence-corrected chi connectivity index (χ2v) is 4.15. The van der Waals surface area contributed by atoms with Crippen LogP contribution in [0.3, 0.4) is 0 Å². The molecule has 0 aromatic carbocycles. The molecular weight excluding hydrogens is 238 g/mol. The smallest absolute Gasteiger partial charge is 0.132 e. The van der Waals surface area contributed by atoms with Crippen LogP contribution in [0.1, 0.15) is 25.3 Å². The van der Waals surface area contributed by atoms with Gasteiger partial charge in [-0.05, 0) is 18.6 Å². The fourth-order valence-electron chi connectivity index (χ4n) is 1.59. The molecule has 1 unspecified atom stereocenters. The van der Waals surface area contributed by atoms with Crippen molar-refractivity contribution in [2.75, 3.05) is 19.0 Å². The Morgan fingerprint density at radius 2 is 2.35 bits per heavy atom. The number of hydrogen-bond donors (Lipinski definition) is 1. The molecular formula is C12H16ClN3O. The van der Waals surface area contributed by atoms with Crippen LogP contribution in [-0.2, 0) is 4.74 Å². The molecule has 0 saturated carbocycles. The van der Waals surface area contributed by atoms with E-state index in [1.807, 2.05) is 6.07 Å². The zero-order valence-electron chi connectivity index (χ0n) is 10.0. The van der Waals surface area contributed by atoms with Gasteiger partial charge in [-0.25, -0.2) is 4.98 Å². The molecule has 0 amide bonds. The van der Waals surface area contributed by atoms with Gasteiger partial charge in [0.15, 0.2) is 0 Å². The molecule has 1 aromatic heterocycles. The van der Waals surface area contributed by atoms with Crippen molar-refractivity contribution in [3.05, 3.63) is 22.8 Å². The number of rotatable bonds is 6. The minimum atomic E-state index is 0.183. The molecule has 0 bridgehead atoms. The summed E-state index contributed by atoms with van der Waals surface area (Å²) in [6, 6.07) is 5.46. The summed E-state index contributed by atoms with van der Waals surface area (Å²) in [6.07, 6.45) is 2.02. The molecule has 0 fully saturated rings. The SMILES string of the molecule is CCCC(COC)Nc1cc(C#N)cc(Cl)n1. The zero-order valence-corrected chi connectivity index (χ0v) is 10.8. The van der Waals surface area contributed by atoms with Crippen molar-refractivity contribution in [2.24, 2.45) is 0 Å². The summed E-state index contributed by atoms with van der Waals surface area (Å²) in [7, 11) is 1.66. The van der Waals surface area contributed by atoms with E-state index < -0.39 is 0 Å². The highest BCUT2D eigenvalue weighted by Crippen LogP contribution is 2.15. The van der Waals surface area contributed by atoms with Crippen molar-refractivity contribution in [3.8, 4) is 6.07 Å². The first-order valence-corrected chi connectivity index (χ1v) is 5.90. The van der Waals surface area contributed by atoms with Gasteiger partial charge in [0, 0.05) is 7.11 Å². The summed E-state index contributed by atoms with van der Waals surface area (Å²) in [4.78, 5) is 4.13. The largest absolute Gasteiger partial charge is 0.383 e. The first-order valence-electron chi connectivity index (χ1n) is 5.52. The van der Waals surface area contributed by atoms with E-state index in [1.54, 1.807) is 13.2 Å². The predicted molar refractivity (Wildman–Crippen MR) is 68.2 cm³/mol. The molecule has 0 radical (unpaired) electrons. The molecule has 0 aliphatic carbocycles. The molecule has 0 spiro atoms. The maximum Gasteiger partial charge on any atom is 0.132 e. The number of nitrogens with zero attached hydrogens (tertiary/aromatic N) is 2. The van der Waals surface area contributed by atoms with Gasteiger partial charge in [-0.3, -0.25) is 0 Å². The number of nitrogens with one attached hydrogen (secondary N) is 1. The van der Waals surface area contributed by atoms with E-state index >= 15 is 0 Å². The number of hydrogen-bond acceptors (Lipinski definition) is 4. The van der Waals surface area contributed by atoms with Crippen LogP contribution in [0, 0.1) is 11.3 Å². The van der Waals surface area contributed by atoms with E-state index in [2.05, 4.69) is 17.2 Å². The fraction of sp³-hybridized carbons (Fsp3) is 0.500. The lowest BCUT2D eigenvalue weighted by molar-refractivity contribution is 0.182. The predicted octanol–water partition coefficient (Wildman–Crippen LogP) is 2.83. The summed E-state index contributed by atoms with van der Waals surface area (Å²) < 4.78 is 5.13. The second-order valence-electron chi connectivity index (χ2n) is 3.76. The number of ether oxygens (including phenoxy) is 1. The van der Waals surface area contributed by atoms with Crippen LogP contribution in [-0.4, -0.2) is 24.7 Å². The number of pyridine rings is 1. The Bertz CT molecular complexity index is 397. The maximum atomic E-state index is 8.84. The molecule has 4 nitrogen and oxygen atoms in total. The van der Waals surface area contributed by atoms with E-state index in [4.69, 9.17) is 21.6 Å². The van der Waals surface area contributed by atoms with Crippen LogP contribution in [0.25, 0.3) is 0 Å². The number of anilines is 1. The first-order chi connectivity index (χ1) is 8.19. The number of halogens is 1. The zero-order chi connectivity index (χ0) is 12.7. The second kappa shape index (κ2) is 7.10. The van der Waals surface area contributed by atoms with Gasteiger partial charge in [0.1, 0.15) is 11.0 Å². The molecule has 1 aromatic rings. The van der Waals surface area contributed by atoms with Crippen LogP contribution in [0.4, 0.5) is 5.82 Å². The van der Waals surface area contributed by atoms with E-state index in [-0.39, 0.29) is 6.04 Å². The summed E-state index contributed by atoms with van der Waals surface area (Å²) in [5.41, 5.74) is 0.500. The molecule has 17 heavy (non-hydrogen) atoms. The van der Waals surface area contributed by atoms with E-state index in [1.165, 1.54) is 6.07 Å². The molecule has 0 aliphatic rings. The Kier molecular flexibility index (Phi) is 5.75. The van der Waals surface area contributed by atoms with E-state index in [9.17, 15) is 0 Å². The van der Waals surface area contributed by atoms with E-state index in [0.717, 1.165) is 12.8 Å². The highest BCUT2D eigenvalue weighted by Gasteiger charge is 2.09. The van der Waals surface area contributed by atoms with Crippen molar-refractivity contribution in [2.45, 2.75) is 25.8 Å². The monoisotopic (exact) mass is 253 g/mol. The summed E-state index contributed by atoms with van der Waals surface area (Å²) in [5.74, 6) is 0.615. The lowest BCUT2D eigenvalue weighted by Crippen LogP contribution is -2.25. The highest BCUT2D eigenvalue weighted by atomic mass is 35.5. The topological polar surface area (TPSA) is 57.9 Å². The average molecular weight is 254 g/mol.